The lowest BCUT2D eigenvalue weighted by atomic mass is 9.78. The number of nitrogens with zero attached hydrogens (tertiary/aromatic N) is 1. The lowest BCUT2D eigenvalue weighted by Gasteiger charge is -2.37. The van der Waals surface area contributed by atoms with Gasteiger partial charge >= 0.3 is 0 Å². The topological polar surface area (TPSA) is 46.3 Å². The first-order valence-electron chi connectivity index (χ1n) is 7.39. The van der Waals surface area contributed by atoms with Crippen LogP contribution in [0.5, 0.6) is 0 Å². The van der Waals surface area contributed by atoms with E-state index >= 15 is 0 Å². The molecular weight excluding hydrogens is 224 g/mol. The highest BCUT2D eigenvalue weighted by molar-refractivity contribution is 5.80. The van der Waals surface area contributed by atoms with Crippen LogP contribution in [0.25, 0.3) is 0 Å². The predicted molar refractivity (Wildman–Crippen MR) is 76.2 cm³/mol. The predicted octanol–water partition coefficient (Wildman–Crippen LogP) is 2.64. The Morgan fingerprint density at radius 3 is 2.39 bits per heavy atom. The van der Waals surface area contributed by atoms with E-state index in [1.165, 1.54) is 0 Å². The Morgan fingerprint density at radius 2 is 1.89 bits per heavy atom. The van der Waals surface area contributed by atoms with Gasteiger partial charge in [-0.05, 0) is 44.9 Å². The Balaban J connectivity index is 2.74. The third-order valence-electron chi connectivity index (χ3n) is 3.95. The second kappa shape index (κ2) is 6.55. The smallest absolute Gasteiger partial charge is 0.227 e. The number of hydrogen-bond donors (Lipinski definition) is 1. The zero-order valence-electron chi connectivity index (χ0n) is 12.6. The summed E-state index contributed by atoms with van der Waals surface area (Å²) in [5, 5.41) is 0. The summed E-state index contributed by atoms with van der Waals surface area (Å²) >= 11 is 0. The average molecular weight is 254 g/mol. The zero-order chi connectivity index (χ0) is 13.9. The summed E-state index contributed by atoms with van der Waals surface area (Å²) in [4.78, 5) is 14.7. The largest absolute Gasteiger partial charge is 0.340 e. The molecule has 0 heterocycles. The van der Waals surface area contributed by atoms with E-state index in [9.17, 15) is 4.79 Å². The molecule has 0 aromatic heterocycles. The molecule has 3 nitrogen and oxygen atoms in total. The van der Waals surface area contributed by atoms with Crippen LogP contribution in [-0.2, 0) is 4.79 Å². The van der Waals surface area contributed by atoms with Crippen LogP contribution in [0.3, 0.4) is 0 Å². The summed E-state index contributed by atoms with van der Waals surface area (Å²) in [6, 6.07) is 0.325. The quantitative estimate of drug-likeness (QED) is 0.838. The molecule has 0 aliphatic heterocycles. The molecule has 1 saturated carbocycles. The van der Waals surface area contributed by atoms with Crippen molar-refractivity contribution in [2.24, 2.45) is 23.5 Å². The normalized spacial score (nSPS) is 28.8. The fraction of sp³-hybridized carbons (Fsp3) is 0.933. The van der Waals surface area contributed by atoms with E-state index in [1.807, 2.05) is 4.90 Å². The number of carbonyl (C=O) groups is 1. The van der Waals surface area contributed by atoms with Crippen molar-refractivity contribution in [2.45, 2.75) is 66.0 Å². The summed E-state index contributed by atoms with van der Waals surface area (Å²) < 4.78 is 0. The van der Waals surface area contributed by atoms with Gasteiger partial charge in [-0.3, -0.25) is 4.79 Å². The molecule has 3 heteroatoms. The number of rotatable bonds is 4. The first kappa shape index (κ1) is 15.5. The zero-order valence-corrected chi connectivity index (χ0v) is 12.6. The molecule has 3 unspecified atom stereocenters. The molecule has 0 radical (unpaired) electrons. The molecule has 0 aromatic rings. The van der Waals surface area contributed by atoms with Gasteiger partial charge in [-0.2, -0.15) is 0 Å². The Bertz CT molecular complexity index is 270. The van der Waals surface area contributed by atoms with E-state index in [0.717, 1.165) is 25.8 Å². The van der Waals surface area contributed by atoms with Gasteiger partial charge in [0.1, 0.15) is 0 Å². The third-order valence-corrected chi connectivity index (χ3v) is 3.95. The maximum Gasteiger partial charge on any atom is 0.227 e. The van der Waals surface area contributed by atoms with E-state index in [4.69, 9.17) is 5.73 Å². The van der Waals surface area contributed by atoms with Crippen LogP contribution in [0.15, 0.2) is 0 Å². The third kappa shape index (κ3) is 3.98. The van der Waals surface area contributed by atoms with Gasteiger partial charge in [-0.15, -0.1) is 0 Å². The highest BCUT2D eigenvalue weighted by atomic mass is 16.2. The maximum absolute atomic E-state index is 12.7. The van der Waals surface area contributed by atoms with Crippen LogP contribution < -0.4 is 5.73 Å². The second-order valence-electron chi connectivity index (χ2n) is 6.67. The van der Waals surface area contributed by atoms with E-state index in [-0.39, 0.29) is 23.9 Å². The molecule has 0 bridgehead atoms. The van der Waals surface area contributed by atoms with Crippen LogP contribution in [0.4, 0.5) is 0 Å². The van der Waals surface area contributed by atoms with E-state index in [2.05, 4.69) is 34.6 Å². The lowest BCUT2D eigenvalue weighted by Crippen LogP contribution is -2.50. The molecule has 1 rings (SSSR count). The molecule has 1 fully saturated rings. The van der Waals surface area contributed by atoms with Gasteiger partial charge < -0.3 is 10.6 Å². The average Bonchev–Trinajstić information content (AvgIpc) is 2.27. The standard InChI is InChI=1S/C15H30N2O/c1-10(2)9-17(11(3)4)15(18)13-8-12(5)6-7-14(13)16/h10-14H,6-9,16H2,1-5H3. The SMILES string of the molecule is CC(C)CN(C(=O)C1CC(C)CCC1N)C(C)C. The molecule has 106 valence electrons. The molecule has 1 amide bonds. The van der Waals surface area contributed by atoms with Gasteiger partial charge in [0.15, 0.2) is 0 Å². The first-order chi connectivity index (χ1) is 8.32. The highest BCUT2D eigenvalue weighted by Gasteiger charge is 2.35. The highest BCUT2D eigenvalue weighted by Crippen LogP contribution is 2.30. The number of carbonyl (C=O) groups excluding carboxylic acids is 1. The minimum atomic E-state index is 0.0369. The number of hydrogen-bond acceptors (Lipinski definition) is 2. The summed E-state index contributed by atoms with van der Waals surface area (Å²) in [5.41, 5.74) is 6.16. The van der Waals surface area contributed by atoms with Gasteiger partial charge in [-0.1, -0.05) is 20.8 Å². The molecule has 0 saturated heterocycles. The van der Waals surface area contributed by atoms with Crippen LogP contribution in [0, 0.1) is 17.8 Å². The van der Waals surface area contributed by atoms with Crippen molar-refractivity contribution >= 4 is 5.91 Å². The molecule has 0 spiro atoms. The van der Waals surface area contributed by atoms with Gasteiger partial charge in [0.25, 0.3) is 0 Å². The Labute approximate surface area is 112 Å². The Kier molecular flexibility index (Phi) is 5.64. The van der Waals surface area contributed by atoms with Gasteiger partial charge in [0.05, 0.1) is 5.92 Å². The molecule has 1 aliphatic carbocycles. The summed E-state index contributed by atoms with van der Waals surface area (Å²) in [6.07, 6.45) is 3.11. The summed E-state index contributed by atoms with van der Waals surface area (Å²) in [5.74, 6) is 1.45. The molecule has 2 N–H and O–H groups in total. The van der Waals surface area contributed by atoms with E-state index in [1.54, 1.807) is 0 Å². The maximum atomic E-state index is 12.7. The van der Waals surface area contributed by atoms with Crippen molar-refractivity contribution in [1.29, 1.82) is 0 Å². The number of nitrogens with two attached hydrogens (primary N) is 1. The molecular formula is C15H30N2O. The van der Waals surface area contributed by atoms with Crippen LogP contribution in [0.2, 0.25) is 0 Å². The van der Waals surface area contributed by atoms with Crippen LogP contribution in [-0.4, -0.2) is 29.4 Å². The molecule has 0 aromatic carbocycles. The van der Waals surface area contributed by atoms with Crippen molar-refractivity contribution in [3.05, 3.63) is 0 Å². The van der Waals surface area contributed by atoms with Crippen molar-refractivity contribution < 1.29 is 4.79 Å². The minimum absolute atomic E-state index is 0.0369. The van der Waals surface area contributed by atoms with Gasteiger partial charge in [-0.25, -0.2) is 0 Å². The summed E-state index contributed by atoms with van der Waals surface area (Å²) in [6.45, 7) is 11.6. The monoisotopic (exact) mass is 254 g/mol. The fourth-order valence-electron chi connectivity index (χ4n) is 2.85. The van der Waals surface area contributed by atoms with E-state index < -0.39 is 0 Å². The fourth-order valence-corrected chi connectivity index (χ4v) is 2.85. The Morgan fingerprint density at radius 1 is 1.28 bits per heavy atom. The van der Waals surface area contributed by atoms with Crippen molar-refractivity contribution in [2.75, 3.05) is 6.54 Å². The van der Waals surface area contributed by atoms with Crippen molar-refractivity contribution in [1.82, 2.24) is 4.90 Å². The van der Waals surface area contributed by atoms with Crippen LogP contribution in [0.1, 0.15) is 53.9 Å². The minimum Gasteiger partial charge on any atom is -0.340 e. The van der Waals surface area contributed by atoms with Crippen molar-refractivity contribution in [3.8, 4) is 0 Å². The number of amides is 1. The van der Waals surface area contributed by atoms with Crippen molar-refractivity contribution in [3.63, 3.8) is 0 Å². The van der Waals surface area contributed by atoms with E-state index in [0.29, 0.717) is 11.8 Å². The van der Waals surface area contributed by atoms with Gasteiger partial charge in [0.2, 0.25) is 5.91 Å². The second-order valence-corrected chi connectivity index (χ2v) is 6.67. The molecule has 1 aliphatic rings. The summed E-state index contributed by atoms with van der Waals surface area (Å²) in [7, 11) is 0. The lowest BCUT2D eigenvalue weighted by molar-refractivity contribution is -0.140. The Hall–Kier alpha value is -0.570. The molecule has 3 atom stereocenters. The first-order valence-corrected chi connectivity index (χ1v) is 7.39. The van der Waals surface area contributed by atoms with Gasteiger partial charge in [0, 0.05) is 18.6 Å². The molecule has 18 heavy (non-hydrogen) atoms. The van der Waals surface area contributed by atoms with Crippen LogP contribution >= 0.6 is 0 Å².